The van der Waals surface area contributed by atoms with Crippen molar-refractivity contribution in [3.63, 3.8) is 0 Å². The quantitative estimate of drug-likeness (QED) is 0.859. The van der Waals surface area contributed by atoms with Gasteiger partial charge in [0.2, 0.25) is 5.95 Å². The van der Waals surface area contributed by atoms with Gasteiger partial charge in [-0.25, -0.2) is 13.8 Å². The average molecular weight is 343 g/mol. The molecular formula is C13H13BrF2N4. The summed E-state index contributed by atoms with van der Waals surface area (Å²) < 4.78 is 27.2. The molecule has 1 aromatic heterocycles. The Morgan fingerprint density at radius 1 is 1.30 bits per heavy atom. The van der Waals surface area contributed by atoms with Gasteiger partial charge >= 0.3 is 0 Å². The van der Waals surface area contributed by atoms with E-state index in [2.05, 4.69) is 36.5 Å². The standard InChI is InChI=1S/C13H13BrF2N4/c1-2-5-17-13-18-7-10(16)12(20-13)19-11-4-3-8(15)6-9(11)14/h3-4,6-7H,2,5H2,1H3,(H2,17,18,19,20). The van der Waals surface area contributed by atoms with E-state index in [9.17, 15) is 8.78 Å². The first kappa shape index (κ1) is 14.6. The number of hydrogen-bond acceptors (Lipinski definition) is 4. The van der Waals surface area contributed by atoms with E-state index in [-0.39, 0.29) is 11.6 Å². The highest BCUT2D eigenvalue weighted by Gasteiger charge is 2.09. The highest BCUT2D eigenvalue weighted by Crippen LogP contribution is 2.27. The van der Waals surface area contributed by atoms with Gasteiger partial charge in [0.25, 0.3) is 0 Å². The Kier molecular flexibility index (Phi) is 4.84. The molecule has 0 unspecified atom stereocenters. The third-order valence-corrected chi connectivity index (χ3v) is 3.12. The van der Waals surface area contributed by atoms with Gasteiger partial charge in [-0.05, 0) is 40.5 Å². The van der Waals surface area contributed by atoms with Crippen LogP contribution in [0.3, 0.4) is 0 Å². The number of halogens is 3. The second-order valence-corrected chi connectivity index (χ2v) is 4.92. The molecule has 0 saturated carbocycles. The van der Waals surface area contributed by atoms with Gasteiger partial charge in [-0.2, -0.15) is 4.98 Å². The summed E-state index contributed by atoms with van der Waals surface area (Å²) in [4.78, 5) is 7.89. The van der Waals surface area contributed by atoms with Crippen molar-refractivity contribution >= 4 is 33.4 Å². The molecule has 20 heavy (non-hydrogen) atoms. The molecule has 0 aliphatic rings. The van der Waals surface area contributed by atoms with Gasteiger partial charge in [0.05, 0.1) is 11.9 Å². The Bertz CT molecular complexity index is 607. The van der Waals surface area contributed by atoms with Crippen molar-refractivity contribution in [2.24, 2.45) is 0 Å². The lowest BCUT2D eigenvalue weighted by Crippen LogP contribution is -2.07. The molecule has 0 spiro atoms. The summed E-state index contributed by atoms with van der Waals surface area (Å²) in [7, 11) is 0. The van der Waals surface area contributed by atoms with Crippen LogP contribution in [-0.4, -0.2) is 16.5 Å². The summed E-state index contributed by atoms with van der Waals surface area (Å²) in [6, 6.07) is 4.07. The average Bonchev–Trinajstić information content (AvgIpc) is 2.42. The van der Waals surface area contributed by atoms with Crippen LogP contribution in [-0.2, 0) is 0 Å². The Labute approximate surface area is 123 Å². The zero-order valence-corrected chi connectivity index (χ0v) is 12.3. The first-order chi connectivity index (χ1) is 9.60. The van der Waals surface area contributed by atoms with E-state index in [1.54, 1.807) is 0 Å². The molecule has 1 heterocycles. The van der Waals surface area contributed by atoms with Crippen molar-refractivity contribution in [1.82, 2.24) is 9.97 Å². The lowest BCUT2D eigenvalue weighted by Gasteiger charge is -2.10. The predicted molar refractivity (Wildman–Crippen MR) is 78.2 cm³/mol. The highest BCUT2D eigenvalue weighted by atomic mass is 79.9. The molecule has 4 nitrogen and oxygen atoms in total. The molecule has 0 radical (unpaired) electrons. The van der Waals surface area contributed by atoms with E-state index < -0.39 is 5.82 Å². The van der Waals surface area contributed by atoms with E-state index in [1.165, 1.54) is 18.2 Å². The van der Waals surface area contributed by atoms with E-state index in [0.717, 1.165) is 12.6 Å². The Morgan fingerprint density at radius 2 is 2.10 bits per heavy atom. The van der Waals surface area contributed by atoms with Gasteiger partial charge in [-0.1, -0.05) is 6.92 Å². The molecule has 0 atom stereocenters. The normalized spacial score (nSPS) is 10.4. The van der Waals surface area contributed by atoms with Gasteiger partial charge in [0, 0.05) is 11.0 Å². The fourth-order valence-electron chi connectivity index (χ4n) is 1.50. The Morgan fingerprint density at radius 3 is 2.80 bits per heavy atom. The third kappa shape index (κ3) is 3.63. The maximum atomic E-state index is 13.7. The first-order valence-electron chi connectivity index (χ1n) is 6.08. The Balaban J connectivity index is 2.23. The fourth-order valence-corrected chi connectivity index (χ4v) is 1.95. The van der Waals surface area contributed by atoms with Crippen LogP contribution in [0, 0.1) is 11.6 Å². The number of rotatable bonds is 5. The molecule has 2 aromatic rings. The molecule has 2 rings (SSSR count). The largest absolute Gasteiger partial charge is 0.354 e. The van der Waals surface area contributed by atoms with Crippen LogP contribution < -0.4 is 10.6 Å². The van der Waals surface area contributed by atoms with Crippen molar-refractivity contribution in [3.8, 4) is 0 Å². The SMILES string of the molecule is CCCNc1ncc(F)c(Nc2ccc(F)cc2Br)n1. The fraction of sp³-hybridized carbons (Fsp3) is 0.231. The monoisotopic (exact) mass is 342 g/mol. The predicted octanol–water partition coefficient (Wildman–Crippen LogP) is 4.08. The smallest absolute Gasteiger partial charge is 0.224 e. The van der Waals surface area contributed by atoms with Crippen LogP contribution >= 0.6 is 15.9 Å². The second-order valence-electron chi connectivity index (χ2n) is 4.07. The van der Waals surface area contributed by atoms with Gasteiger partial charge in [-0.15, -0.1) is 0 Å². The zero-order valence-electron chi connectivity index (χ0n) is 10.8. The van der Waals surface area contributed by atoms with E-state index in [0.29, 0.717) is 22.7 Å². The van der Waals surface area contributed by atoms with Crippen molar-refractivity contribution in [3.05, 3.63) is 40.5 Å². The molecule has 0 saturated heterocycles. The van der Waals surface area contributed by atoms with Gasteiger partial charge in [-0.3, -0.25) is 0 Å². The van der Waals surface area contributed by atoms with Crippen molar-refractivity contribution < 1.29 is 8.78 Å². The zero-order chi connectivity index (χ0) is 14.5. The third-order valence-electron chi connectivity index (χ3n) is 2.46. The number of nitrogens with one attached hydrogen (secondary N) is 2. The van der Waals surface area contributed by atoms with Crippen LogP contribution in [0.1, 0.15) is 13.3 Å². The number of aromatic nitrogens is 2. The number of nitrogens with zero attached hydrogens (tertiary/aromatic N) is 2. The lowest BCUT2D eigenvalue weighted by atomic mass is 10.3. The first-order valence-corrected chi connectivity index (χ1v) is 6.88. The van der Waals surface area contributed by atoms with E-state index in [1.807, 2.05) is 6.92 Å². The van der Waals surface area contributed by atoms with Gasteiger partial charge < -0.3 is 10.6 Å². The Hall–Kier alpha value is -1.76. The van der Waals surface area contributed by atoms with Crippen LogP contribution in [0.25, 0.3) is 0 Å². The summed E-state index contributed by atoms with van der Waals surface area (Å²) in [5.41, 5.74) is 0.519. The summed E-state index contributed by atoms with van der Waals surface area (Å²) in [6.07, 6.45) is 2.00. The van der Waals surface area contributed by atoms with Crippen molar-refractivity contribution in [2.45, 2.75) is 13.3 Å². The van der Waals surface area contributed by atoms with Crippen molar-refractivity contribution in [1.29, 1.82) is 0 Å². The molecule has 106 valence electrons. The summed E-state index contributed by atoms with van der Waals surface area (Å²) in [6.45, 7) is 2.70. The molecule has 0 fully saturated rings. The van der Waals surface area contributed by atoms with Gasteiger partial charge in [0.1, 0.15) is 5.82 Å². The molecule has 0 aliphatic carbocycles. The lowest BCUT2D eigenvalue weighted by molar-refractivity contribution is 0.619. The number of hydrogen-bond donors (Lipinski definition) is 2. The summed E-state index contributed by atoms with van der Waals surface area (Å²) in [5.74, 6) is -0.584. The molecule has 7 heteroatoms. The molecule has 1 aromatic carbocycles. The minimum atomic E-state index is -0.580. The van der Waals surface area contributed by atoms with Crippen LogP contribution in [0.5, 0.6) is 0 Å². The topological polar surface area (TPSA) is 49.8 Å². The van der Waals surface area contributed by atoms with Crippen LogP contribution in [0.2, 0.25) is 0 Å². The maximum absolute atomic E-state index is 13.7. The molecule has 0 amide bonds. The molecular weight excluding hydrogens is 330 g/mol. The maximum Gasteiger partial charge on any atom is 0.224 e. The highest BCUT2D eigenvalue weighted by molar-refractivity contribution is 9.10. The van der Waals surface area contributed by atoms with E-state index >= 15 is 0 Å². The minimum Gasteiger partial charge on any atom is -0.354 e. The summed E-state index contributed by atoms with van der Waals surface area (Å²) in [5, 5.41) is 5.78. The van der Waals surface area contributed by atoms with Crippen LogP contribution in [0.15, 0.2) is 28.9 Å². The van der Waals surface area contributed by atoms with E-state index in [4.69, 9.17) is 0 Å². The molecule has 2 N–H and O–H groups in total. The molecule has 0 bridgehead atoms. The summed E-state index contributed by atoms with van der Waals surface area (Å²) >= 11 is 3.21. The molecule has 0 aliphatic heterocycles. The second kappa shape index (κ2) is 6.60. The van der Waals surface area contributed by atoms with Crippen LogP contribution in [0.4, 0.5) is 26.2 Å². The van der Waals surface area contributed by atoms with Gasteiger partial charge in [0.15, 0.2) is 11.6 Å². The minimum absolute atomic E-state index is 0.0333. The number of benzene rings is 1. The van der Waals surface area contributed by atoms with Crippen molar-refractivity contribution in [2.75, 3.05) is 17.2 Å². The number of anilines is 3.